The van der Waals surface area contributed by atoms with Crippen molar-refractivity contribution in [1.82, 2.24) is 24.9 Å². The van der Waals surface area contributed by atoms with Gasteiger partial charge in [-0.15, -0.1) is 0 Å². The second-order valence-electron chi connectivity index (χ2n) is 5.44. The molecule has 0 fully saturated rings. The van der Waals surface area contributed by atoms with Gasteiger partial charge in [0.2, 0.25) is 0 Å². The third-order valence-electron chi connectivity index (χ3n) is 3.54. The average molecular weight is 388 g/mol. The van der Waals surface area contributed by atoms with Crippen LogP contribution in [0.15, 0.2) is 59.6 Å². The summed E-state index contributed by atoms with van der Waals surface area (Å²) in [5.74, 6) is -0.0565. The molecular formula is C17H18BrN5O. The van der Waals surface area contributed by atoms with E-state index in [2.05, 4.69) is 31.4 Å². The number of hydrogen-bond donors (Lipinski definition) is 1. The van der Waals surface area contributed by atoms with E-state index in [-0.39, 0.29) is 5.91 Å². The van der Waals surface area contributed by atoms with Gasteiger partial charge in [-0.25, -0.2) is 0 Å². The van der Waals surface area contributed by atoms with Crippen LogP contribution in [0.4, 0.5) is 0 Å². The van der Waals surface area contributed by atoms with Crippen molar-refractivity contribution in [2.45, 2.75) is 19.5 Å². The van der Waals surface area contributed by atoms with E-state index >= 15 is 0 Å². The zero-order valence-electron chi connectivity index (χ0n) is 13.1. The fourth-order valence-corrected chi connectivity index (χ4v) is 2.73. The standard InChI is InChI=1S/C17H18BrN5O/c18-16-11-21-23(13-16)12-14-4-1-5-15(10-14)17(24)19-6-2-8-22-9-3-7-20-22/h1,3-5,7,9-11,13H,2,6,8,12H2,(H,19,24). The third-order valence-corrected chi connectivity index (χ3v) is 3.95. The van der Waals surface area contributed by atoms with Gasteiger partial charge in [-0.05, 0) is 46.1 Å². The van der Waals surface area contributed by atoms with Crippen LogP contribution in [0, 0.1) is 0 Å². The molecule has 0 spiro atoms. The Morgan fingerprint density at radius 1 is 1.21 bits per heavy atom. The summed E-state index contributed by atoms with van der Waals surface area (Å²) in [6.45, 7) is 2.04. The summed E-state index contributed by atoms with van der Waals surface area (Å²) in [7, 11) is 0. The van der Waals surface area contributed by atoms with Crippen LogP contribution in [-0.2, 0) is 13.1 Å². The van der Waals surface area contributed by atoms with Gasteiger partial charge >= 0.3 is 0 Å². The minimum atomic E-state index is -0.0565. The van der Waals surface area contributed by atoms with Crippen molar-refractivity contribution in [3.05, 3.63) is 70.7 Å². The van der Waals surface area contributed by atoms with E-state index in [0.717, 1.165) is 23.0 Å². The lowest BCUT2D eigenvalue weighted by Gasteiger charge is -2.07. The van der Waals surface area contributed by atoms with Crippen LogP contribution >= 0.6 is 15.9 Å². The SMILES string of the molecule is O=C(NCCCn1cccn1)c1cccc(Cn2cc(Br)cn2)c1. The molecule has 0 bridgehead atoms. The molecule has 3 aromatic rings. The predicted octanol–water partition coefficient (Wildman–Crippen LogP) is 2.71. The molecule has 0 radical (unpaired) electrons. The molecule has 7 heteroatoms. The van der Waals surface area contributed by atoms with Gasteiger partial charge in [0.05, 0.1) is 17.2 Å². The van der Waals surface area contributed by atoms with Crippen molar-refractivity contribution in [2.75, 3.05) is 6.54 Å². The van der Waals surface area contributed by atoms with Crippen molar-refractivity contribution in [3.63, 3.8) is 0 Å². The molecule has 0 aliphatic carbocycles. The second kappa shape index (κ2) is 7.92. The van der Waals surface area contributed by atoms with Gasteiger partial charge in [0.1, 0.15) is 0 Å². The summed E-state index contributed by atoms with van der Waals surface area (Å²) in [5, 5.41) is 11.3. The molecule has 0 saturated carbocycles. The van der Waals surface area contributed by atoms with Crippen LogP contribution in [0.25, 0.3) is 0 Å². The Labute approximate surface area is 148 Å². The third kappa shape index (κ3) is 4.55. The van der Waals surface area contributed by atoms with Crippen LogP contribution in [0.5, 0.6) is 0 Å². The highest BCUT2D eigenvalue weighted by Gasteiger charge is 2.06. The van der Waals surface area contributed by atoms with Crippen LogP contribution in [0.2, 0.25) is 0 Å². The number of carbonyl (C=O) groups excluding carboxylic acids is 1. The highest BCUT2D eigenvalue weighted by Crippen LogP contribution is 2.10. The number of rotatable bonds is 7. The number of halogens is 1. The lowest BCUT2D eigenvalue weighted by molar-refractivity contribution is 0.0952. The van der Waals surface area contributed by atoms with Crippen molar-refractivity contribution in [1.29, 1.82) is 0 Å². The Bertz CT molecular complexity index is 797. The van der Waals surface area contributed by atoms with Crippen LogP contribution in [0.3, 0.4) is 0 Å². The summed E-state index contributed by atoms with van der Waals surface area (Å²) in [6.07, 6.45) is 8.16. The van der Waals surface area contributed by atoms with Gasteiger partial charge in [-0.1, -0.05) is 12.1 Å². The first kappa shape index (κ1) is 16.4. The molecule has 0 aliphatic heterocycles. The molecule has 24 heavy (non-hydrogen) atoms. The molecule has 0 unspecified atom stereocenters. The van der Waals surface area contributed by atoms with Crippen molar-refractivity contribution >= 4 is 21.8 Å². The molecule has 3 rings (SSSR count). The van der Waals surface area contributed by atoms with Crippen molar-refractivity contribution in [2.24, 2.45) is 0 Å². The number of nitrogens with one attached hydrogen (secondary N) is 1. The topological polar surface area (TPSA) is 64.7 Å². The maximum absolute atomic E-state index is 12.3. The first-order chi connectivity index (χ1) is 11.7. The number of benzene rings is 1. The molecule has 1 aromatic carbocycles. The van der Waals surface area contributed by atoms with Gasteiger partial charge in [0, 0.05) is 37.2 Å². The lowest BCUT2D eigenvalue weighted by Crippen LogP contribution is -2.25. The van der Waals surface area contributed by atoms with E-state index in [1.165, 1.54) is 0 Å². The highest BCUT2D eigenvalue weighted by atomic mass is 79.9. The Kier molecular flexibility index (Phi) is 5.43. The van der Waals surface area contributed by atoms with Crippen molar-refractivity contribution < 1.29 is 4.79 Å². The van der Waals surface area contributed by atoms with Gasteiger partial charge in [0.15, 0.2) is 0 Å². The smallest absolute Gasteiger partial charge is 0.251 e. The quantitative estimate of drug-likeness (QED) is 0.633. The summed E-state index contributed by atoms with van der Waals surface area (Å²) < 4.78 is 4.62. The van der Waals surface area contributed by atoms with Gasteiger partial charge in [-0.3, -0.25) is 14.2 Å². The first-order valence-corrected chi connectivity index (χ1v) is 8.52. The Morgan fingerprint density at radius 3 is 2.88 bits per heavy atom. The van der Waals surface area contributed by atoms with E-state index in [0.29, 0.717) is 18.7 Å². The summed E-state index contributed by atoms with van der Waals surface area (Å²) >= 11 is 3.38. The van der Waals surface area contributed by atoms with E-state index in [4.69, 9.17) is 0 Å². The van der Waals surface area contributed by atoms with Gasteiger partial charge < -0.3 is 5.32 Å². The number of aromatic nitrogens is 4. The zero-order chi connectivity index (χ0) is 16.8. The molecule has 1 N–H and O–H groups in total. The lowest BCUT2D eigenvalue weighted by atomic mass is 10.1. The fraction of sp³-hybridized carbons (Fsp3) is 0.235. The summed E-state index contributed by atoms with van der Waals surface area (Å²) in [5.41, 5.74) is 1.70. The summed E-state index contributed by atoms with van der Waals surface area (Å²) in [4.78, 5) is 12.3. The Balaban J connectivity index is 1.51. The van der Waals surface area contributed by atoms with Crippen LogP contribution in [-0.4, -0.2) is 32.0 Å². The molecule has 2 heterocycles. The number of aryl methyl sites for hydroxylation is 1. The number of carbonyl (C=O) groups is 1. The van der Waals surface area contributed by atoms with Crippen LogP contribution in [0.1, 0.15) is 22.3 Å². The fourth-order valence-electron chi connectivity index (χ4n) is 2.40. The minimum Gasteiger partial charge on any atom is -0.352 e. The zero-order valence-corrected chi connectivity index (χ0v) is 14.7. The largest absolute Gasteiger partial charge is 0.352 e. The maximum atomic E-state index is 12.3. The molecule has 6 nitrogen and oxygen atoms in total. The number of hydrogen-bond acceptors (Lipinski definition) is 3. The van der Waals surface area contributed by atoms with Gasteiger partial charge in [0.25, 0.3) is 5.91 Å². The average Bonchev–Trinajstić information content (AvgIpc) is 3.23. The normalized spacial score (nSPS) is 10.7. The van der Waals surface area contributed by atoms with Crippen LogP contribution < -0.4 is 5.32 Å². The van der Waals surface area contributed by atoms with E-state index < -0.39 is 0 Å². The maximum Gasteiger partial charge on any atom is 0.251 e. The molecule has 0 aliphatic rings. The van der Waals surface area contributed by atoms with E-state index in [9.17, 15) is 4.79 Å². The molecule has 2 aromatic heterocycles. The summed E-state index contributed by atoms with van der Waals surface area (Å²) in [6, 6.07) is 9.50. The predicted molar refractivity (Wildman–Crippen MR) is 94.6 cm³/mol. The molecule has 124 valence electrons. The molecule has 1 amide bonds. The van der Waals surface area contributed by atoms with Gasteiger partial charge in [-0.2, -0.15) is 10.2 Å². The highest BCUT2D eigenvalue weighted by molar-refractivity contribution is 9.10. The Morgan fingerprint density at radius 2 is 2.12 bits per heavy atom. The molecule has 0 saturated heterocycles. The van der Waals surface area contributed by atoms with Crippen molar-refractivity contribution in [3.8, 4) is 0 Å². The number of nitrogens with zero attached hydrogens (tertiary/aromatic N) is 4. The first-order valence-electron chi connectivity index (χ1n) is 7.73. The molecule has 0 atom stereocenters. The molecular weight excluding hydrogens is 370 g/mol. The van der Waals surface area contributed by atoms with E-state index in [1.54, 1.807) is 12.4 Å². The monoisotopic (exact) mass is 387 g/mol. The number of amides is 1. The minimum absolute atomic E-state index is 0.0565. The Hall–Kier alpha value is -2.41. The second-order valence-corrected chi connectivity index (χ2v) is 6.35. The van der Waals surface area contributed by atoms with E-state index in [1.807, 2.05) is 52.1 Å².